The lowest BCUT2D eigenvalue weighted by molar-refractivity contribution is -0.140. The zero-order valence-corrected chi connectivity index (χ0v) is 14.0. The zero-order chi connectivity index (χ0) is 16.3. The number of carbonyl (C=O) groups excluding carboxylic acids is 2. The molecule has 0 saturated carbocycles. The van der Waals surface area contributed by atoms with Crippen LogP contribution in [0.1, 0.15) is 44.9 Å². The lowest BCUT2D eigenvalue weighted by atomic mass is 10.0. The molecule has 2 amide bonds. The fourth-order valence-corrected chi connectivity index (χ4v) is 4.02. The van der Waals surface area contributed by atoms with Gasteiger partial charge in [-0.3, -0.25) is 9.59 Å². The molecule has 0 unspecified atom stereocenters. The summed E-state index contributed by atoms with van der Waals surface area (Å²) in [4.78, 5) is 30.3. The van der Waals surface area contributed by atoms with E-state index in [-0.39, 0.29) is 18.4 Å². The molecule has 3 aliphatic rings. The molecule has 0 aliphatic carbocycles. The lowest BCUT2D eigenvalue weighted by Gasteiger charge is -2.29. The van der Waals surface area contributed by atoms with Crippen molar-refractivity contribution >= 4 is 11.8 Å². The second-order valence-electron chi connectivity index (χ2n) is 7.40. The van der Waals surface area contributed by atoms with Crippen LogP contribution in [0.2, 0.25) is 0 Å². The van der Waals surface area contributed by atoms with Gasteiger partial charge in [0.25, 0.3) is 0 Å². The monoisotopic (exact) mass is 323 g/mol. The first kappa shape index (κ1) is 16.7. The van der Waals surface area contributed by atoms with Crippen molar-refractivity contribution in [3.63, 3.8) is 0 Å². The molecule has 6 nitrogen and oxygen atoms in total. The maximum Gasteiger partial charge on any atom is 0.242 e. The van der Waals surface area contributed by atoms with Crippen LogP contribution < -0.4 is 0 Å². The first-order valence-electron chi connectivity index (χ1n) is 9.06. The predicted octanol–water partition coefficient (Wildman–Crippen LogP) is 0.448. The fourth-order valence-electron chi connectivity index (χ4n) is 4.02. The van der Waals surface area contributed by atoms with Crippen molar-refractivity contribution in [2.45, 2.75) is 50.5 Å². The molecule has 6 heteroatoms. The molecule has 3 aliphatic heterocycles. The second-order valence-corrected chi connectivity index (χ2v) is 7.40. The summed E-state index contributed by atoms with van der Waals surface area (Å²) in [6.45, 7) is 4.65. The van der Waals surface area contributed by atoms with E-state index >= 15 is 0 Å². The second kappa shape index (κ2) is 7.18. The molecule has 0 spiro atoms. The zero-order valence-electron chi connectivity index (χ0n) is 14.0. The summed E-state index contributed by atoms with van der Waals surface area (Å²) in [5, 5.41) is 10.8. The maximum absolute atomic E-state index is 12.5. The third-order valence-electron chi connectivity index (χ3n) is 5.40. The minimum atomic E-state index is -0.775. The largest absolute Gasteiger partial charge is 0.387 e. The van der Waals surface area contributed by atoms with Crippen LogP contribution in [0, 0.1) is 0 Å². The Morgan fingerprint density at radius 3 is 2.57 bits per heavy atom. The average Bonchev–Trinajstić information content (AvgIpc) is 3.10. The van der Waals surface area contributed by atoms with Gasteiger partial charge >= 0.3 is 0 Å². The van der Waals surface area contributed by atoms with Gasteiger partial charge in [-0.2, -0.15) is 0 Å². The van der Waals surface area contributed by atoms with Gasteiger partial charge < -0.3 is 19.8 Å². The summed E-state index contributed by atoms with van der Waals surface area (Å²) < 4.78 is 0. The number of aliphatic hydroxyl groups is 1. The Labute approximate surface area is 138 Å². The Hall–Kier alpha value is -1.14. The number of amides is 2. The molecule has 0 aromatic rings. The van der Waals surface area contributed by atoms with Gasteiger partial charge in [0.1, 0.15) is 0 Å². The summed E-state index contributed by atoms with van der Waals surface area (Å²) in [6.07, 6.45) is 6.59. The van der Waals surface area contributed by atoms with E-state index in [2.05, 4.69) is 4.90 Å². The molecule has 0 radical (unpaired) electrons. The number of likely N-dealkylation sites (tertiary alicyclic amines) is 3. The summed E-state index contributed by atoms with van der Waals surface area (Å²) >= 11 is 0. The molecule has 0 aromatic heterocycles. The number of nitrogens with zero attached hydrogens (tertiary/aromatic N) is 3. The van der Waals surface area contributed by atoms with E-state index in [0.29, 0.717) is 39.0 Å². The van der Waals surface area contributed by atoms with E-state index in [1.54, 1.807) is 9.80 Å². The van der Waals surface area contributed by atoms with Gasteiger partial charge in [-0.05, 0) is 45.2 Å². The smallest absolute Gasteiger partial charge is 0.242 e. The van der Waals surface area contributed by atoms with Crippen LogP contribution >= 0.6 is 0 Å². The van der Waals surface area contributed by atoms with E-state index in [1.807, 2.05) is 0 Å². The standard InChI is InChI=1S/C17H29N3O3/c21-15-6-2-1-3-10-19(15)12-16(22)20-11-7-17(23,14-20)13-18-8-4-5-9-18/h23H,1-14H2/t17-/m0/s1. The van der Waals surface area contributed by atoms with E-state index < -0.39 is 5.60 Å². The van der Waals surface area contributed by atoms with Gasteiger partial charge in [-0.1, -0.05) is 6.42 Å². The Balaban J connectivity index is 1.51. The number of β-amino-alcohol motifs (C(OH)–C–C–N with tert-alkyl or cyclic N) is 1. The van der Waals surface area contributed by atoms with Crippen molar-refractivity contribution in [2.24, 2.45) is 0 Å². The van der Waals surface area contributed by atoms with Crippen LogP contribution in [0.15, 0.2) is 0 Å². The fraction of sp³-hybridized carbons (Fsp3) is 0.882. The van der Waals surface area contributed by atoms with Gasteiger partial charge in [-0.15, -0.1) is 0 Å². The summed E-state index contributed by atoms with van der Waals surface area (Å²) in [7, 11) is 0. The quantitative estimate of drug-likeness (QED) is 0.816. The Morgan fingerprint density at radius 2 is 1.78 bits per heavy atom. The van der Waals surface area contributed by atoms with Crippen molar-refractivity contribution < 1.29 is 14.7 Å². The lowest BCUT2D eigenvalue weighted by Crippen LogP contribution is -2.47. The summed E-state index contributed by atoms with van der Waals surface area (Å²) in [5.74, 6) is 0.0833. The van der Waals surface area contributed by atoms with Gasteiger partial charge in [0.05, 0.1) is 18.7 Å². The van der Waals surface area contributed by atoms with E-state index in [1.165, 1.54) is 12.8 Å². The number of rotatable bonds is 4. The minimum absolute atomic E-state index is 0.0161. The number of hydrogen-bond acceptors (Lipinski definition) is 4. The highest BCUT2D eigenvalue weighted by Gasteiger charge is 2.40. The highest BCUT2D eigenvalue weighted by atomic mass is 16.3. The molecule has 23 heavy (non-hydrogen) atoms. The van der Waals surface area contributed by atoms with Crippen molar-refractivity contribution in [3.05, 3.63) is 0 Å². The molecule has 3 rings (SSSR count). The van der Waals surface area contributed by atoms with E-state index in [9.17, 15) is 14.7 Å². The van der Waals surface area contributed by atoms with Gasteiger partial charge in [-0.25, -0.2) is 0 Å². The Bertz CT molecular complexity index is 450. The van der Waals surface area contributed by atoms with Crippen molar-refractivity contribution in [2.75, 3.05) is 45.8 Å². The maximum atomic E-state index is 12.5. The first-order chi connectivity index (χ1) is 11.1. The first-order valence-corrected chi connectivity index (χ1v) is 9.06. The number of carbonyl (C=O) groups is 2. The molecule has 3 heterocycles. The molecule has 130 valence electrons. The third-order valence-corrected chi connectivity index (χ3v) is 5.40. The Morgan fingerprint density at radius 1 is 1.04 bits per heavy atom. The molecule has 3 saturated heterocycles. The molecule has 3 fully saturated rings. The highest BCUT2D eigenvalue weighted by molar-refractivity contribution is 5.85. The molecule has 0 aromatic carbocycles. The molecule has 1 N–H and O–H groups in total. The van der Waals surface area contributed by atoms with Crippen LogP contribution in [0.5, 0.6) is 0 Å². The van der Waals surface area contributed by atoms with Crippen molar-refractivity contribution in [3.8, 4) is 0 Å². The van der Waals surface area contributed by atoms with Gasteiger partial charge in [0.2, 0.25) is 11.8 Å². The van der Waals surface area contributed by atoms with E-state index in [4.69, 9.17) is 0 Å². The van der Waals surface area contributed by atoms with Crippen molar-refractivity contribution in [1.29, 1.82) is 0 Å². The normalized spacial score (nSPS) is 30.0. The topological polar surface area (TPSA) is 64.1 Å². The highest BCUT2D eigenvalue weighted by Crippen LogP contribution is 2.24. The Kier molecular flexibility index (Phi) is 5.21. The SMILES string of the molecule is O=C1CCCCCN1CC(=O)N1CC[C@](O)(CN2CCCC2)C1. The van der Waals surface area contributed by atoms with Crippen LogP contribution in [0.25, 0.3) is 0 Å². The van der Waals surface area contributed by atoms with Crippen LogP contribution in [-0.4, -0.2) is 83.0 Å². The summed E-state index contributed by atoms with van der Waals surface area (Å²) in [6, 6.07) is 0. The molecular formula is C17H29N3O3. The summed E-state index contributed by atoms with van der Waals surface area (Å²) in [5.41, 5.74) is -0.775. The van der Waals surface area contributed by atoms with Gasteiger partial charge in [0, 0.05) is 26.1 Å². The van der Waals surface area contributed by atoms with Crippen LogP contribution in [0.3, 0.4) is 0 Å². The van der Waals surface area contributed by atoms with E-state index in [0.717, 1.165) is 32.4 Å². The minimum Gasteiger partial charge on any atom is -0.387 e. The predicted molar refractivity (Wildman–Crippen MR) is 86.9 cm³/mol. The van der Waals surface area contributed by atoms with Crippen LogP contribution in [0.4, 0.5) is 0 Å². The molecule has 0 bridgehead atoms. The number of hydrogen-bond donors (Lipinski definition) is 1. The average molecular weight is 323 g/mol. The molecule has 1 atom stereocenters. The third kappa shape index (κ3) is 4.23. The van der Waals surface area contributed by atoms with Crippen molar-refractivity contribution in [1.82, 2.24) is 14.7 Å². The van der Waals surface area contributed by atoms with Crippen LogP contribution in [-0.2, 0) is 9.59 Å². The molecular weight excluding hydrogens is 294 g/mol. The van der Waals surface area contributed by atoms with Gasteiger partial charge in [0.15, 0.2) is 0 Å².